The minimum absolute atomic E-state index is 0.675. The minimum Gasteiger partial charge on any atom is -0.497 e. The summed E-state index contributed by atoms with van der Waals surface area (Å²) in [6, 6.07) is 9.64. The molecule has 0 atom stereocenters. The maximum Gasteiger partial charge on any atom is 0.135 e. The van der Waals surface area contributed by atoms with Crippen LogP contribution in [-0.2, 0) is 0 Å². The van der Waals surface area contributed by atoms with Crippen LogP contribution in [0.4, 0.5) is 17.3 Å². The SMILES string of the molecule is COc1cccc(Nc2cc(NCCC(C)C)ncn2)c1. The second-order valence-corrected chi connectivity index (χ2v) is 5.25. The predicted octanol–water partition coefficient (Wildman–Crippen LogP) is 3.69. The first kappa shape index (κ1) is 15.1. The molecule has 1 aromatic carbocycles. The topological polar surface area (TPSA) is 59.1 Å². The zero-order valence-corrected chi connectivity index (χ0v) is 12.8. The Morgan fingerprint density at radius 3 is 2.71 bits per heavy atom. The number of nitrogens with one attached hydrogen (secondary N) is 2. The van der Waals surface area contributed by atoms with E-state index in [0.29, 0.717) is 5.92 Å². The Morgan fingerprint density at radius 1 is 1.14 bits per heavy atom. The number of nitrogens with zero attached hydrogens (tertiary/aromatic N) is 2. The third-order valence-electron chi connectivity index (χ3n) is 3.04. The summed E-state index contributed by atoms with van der Waals surface area (Å²) in [5.41, 5.74) is 0.932. The molecule has 0 saturated carbocycles. The highest BCUT2D eigenvalue weighted by Crippen LogP contribution is 2.20. The van der Waals surface area contributed by atoms with E-state index in [1.165, 1.54) is 0 Å². The number of aromatic nitrogens is 2. The lowest BCUT2D eigenvalue weighted by Crippen LogP contribution is -2.07. The monoisotopic (exact) mass is 286 g/mol. The van der Waals surface area contributed by atoms with Gasteiger partial charge in [0.05, 0.1) is 7.11 Å². The van der Waals surface area contributed by atoms with Gasteiger partial charge in [-0.05, 0) is 24.5 Å². The van der Waals surface area contributed by atoms with Crippen LogP contribution in [0.2, 0.25) is 0 Å². The van der Waals surface area contributed by atoms with E-state index < -0.39 is 0 Å². The summed E-state index contributed by atoms with van der Waals surface area (Å²) >= 11 is 0. The molecule has 0 aliphatic carbocycles. The van der Waals surface area contributed by atoms with Crippen LogP contribution in [0.25, 0.3) is 0 Å². The van der Waals surface area contributed by atoms with Crippen LogP contribution in [0, 0.1) is 5.92 Å². The lowest BCUT2D eigenvalue weighted by molar-refractivity contribution is 0.415. The van der Waals surface area contributed by atoms with Crippen molar-refractivity contribution in [1.29, 1.82) is 0 Å². The van der Waals surface area contributed by atoms with Gasteiger partial charge in [-0.25, -0.2) is 9.97 Å². The second-order valence-electron chi connectivity index (χ2n) is 5.25. The van der Waals surface area contributed by atoms with Gasteiger partial charge >= 0.3 is 0 Å². The molecule has 0 unspecified atom stereocenters. The van der Waals surface area contributed by atoms with Gasteiger partial charge in [0.25, 0.3) is 0 Å². The largest absolute Gasteiger partial charge is 0.497 e. The second kappa shape index (κ2) is 7.47. The first-order valence-electron chi connectivity index (χ1n) is 7.14. The number of ether oxygens (including phenoxy) is 1. The zero-order chi connectivity index (χ0) is 15.1. The molecule has 21 heavy (non-hydrogen) atoms. The van der Waals surface area contributed by atoms with Crippen LogP contribution < -0.4 is 15.4 Å². The molecule has 1 heterocycles. The van der Waals surface area contributed by atoms with E-state index in [0.717, 1.165) is 36.0 Å². The van der Waals surface area contributed by atoms with Crippen molar-refractivity contribution in [2.45, 2.75) is 20.3 Å². The highest BCUT2D eigenvalue weighted by Gasteiger charge is 2.01. The standard InChI is InChI=1S/C16H22N4O/c1-12(2)7-8-17-15-10-16(19-11-18-15)20-13-5-4-6-14(9-13)21-3/h4-6,9-12H,7-8H2,1-3H3,(H2,17,18,19,20). The molecule has 0 radical (unpaired) electrons. The van der Waals surface area contributed by atoms with Crippen molar-refractivity contribution in [3.8, 4) is 5.75 Å². The molecule has 0 bridgehead atoms. The Kier molecular flexibility index (Phi) is 5.37. The Morgan fingerprint density at radius 2 is 1.95 bits per heavy atom. The van der Waals surface area contributed by atoms with Crippen LogP contribution in [0.3, 0.4) is 0 Å². The van der Waals surface area contributed by atoms with Gasteiger partial charge < -0.3 is 15.4 Å². The van der Waals surface area contributed by atoms with Crippen LogP contribution in [-0.4, -0.2) is 23.6 Å². The van der Waals surface area contributed by atoms with Crippen molar-refractivity contribution in [2.24, 2.45) is 5.92 Å². The molecule has 0 spiro atoms. The summed E-state index contributed by atoms with van der Waals surface area (Å²) < 4.78 is 5.21. The Hall–Kier alpha value is -2.30. The highest BCUT2D eigenvalue weighted by molar-refractivity contribution is 5.60. The van der Waals surface area contributed by atoms with E-state index in [-0.39, 0.29) is 0 Å². The summed E-state index contributed by atoms with van der Waals surface area (Å²) in [5, 5.41) is 6.56. The summed E-state index contributed by atoms with van der Waals surface area (Å²) in [7, 11) is 1.65. The van der Waals surface area contributed by atoms with Gasteiger partial charge in [0, 0.05) is 24.4 Å². The molecule has 0 fully saturated rings. The number of anilines is 3. The quantitative estimate of drug-likeness (QED) is 0.813. The number of hydrogen-bond acceptors (Lipinski definition) is 5. The third kappa shape index (κ3) is 4.95. The summed E-state index contributed by atoms with van der Waals surface area (Å²) in [6.45, 7) is 5.32. The summed E-state index contributed by atoms with van der Waals surface area (Å²) in [5.74, 6) is 3.07. The Labute approximate surface area is 125 Å². The van der Waals surface area contributed by atoms with Crippen LogP contribution in [0.1, 0.15) is 20.3 Å². The highest BCUT2D eigenvalue weighted by atomic mass is 16.5. The summed E-state index contributed by atoms with van der Waals surface area (Å²) in [6.07, 6.45) is 2.67. The maximum absolute atomic E-state index is 5.21. The molecule has 0 aliphatic rings. The van der Waals surface area contributed by atoms with E-state index in [9.17, 15) is 0 Å². The fraction of sp³-hybridized carbons (Fsp3) is 0.375. The molecule has 0 amide bonds. The molecule has 2 N–H and O–H groups in total. The number of rotatable bonds is 7. The first-order valence-corrected chi connectivity index (χ1v) is 7.14. The van der Waals surface area contributed by atoms with Gasteiger partial charge in [-0.2, -0.15) is 0 Å². The Bertz CT molecular complexity index is 572. The van der Waals surface area contributed by atoms with Gasteiger partial charge in [-0.3, -0.25) is 0 Å². The van der Waals surface area contributed by atoms with E-state index >= 15 is 0 Å². The molecule has 2 aromatic rings. The van der Waals surface area contributed by atoms with Crippen molar-refractivity contribution < 1.29 is 4.74 Å². The number of methoxy groups -OCH3 is 1. The number of benzene rings is 1. The molecular weight excluding hydrogens is 264 g/mol. The van der Waals surface area contributed by atoms with Crippen molar-refractivity contribution in [3.63, 3.8) is 0 Å². The van der Waals surface area contributed by atoms with E-state index in [2.05, 4.69) is 34.4 Å². The van der Waals surface area contributed by atoms with Crippen molar-refractivity contribution in [3.05, 3.63) is 36.7 Å². The van der Waals surface area contributed by atoms with Crippen LogP contribution >= 0.6 is 0 Å². The number of hydrogen-bond donors (Lipinski definition) is 2. The molecule has 0 aliphatic heterocycles. The van der Waals surface area contributed by atoms with E-state index in [1.54, 1.807) is 13.4 Å². The van der Waals surface area contributed by atoms with Crippen molar-refractivity contribution >= 4 is 17.3 Å². The minimum atomic E-state index is 0.675. The molecule has 1 aromatic heterocycles. The van der Waals surface area contributed by atoms with Gasteiger partial charge in [0.1, 0.15) is 23.7 Å². The maximum atomic E-state index is 5.21. The van der Waals surface area contributed by atoms with Crippen molar-refractivity contribution in [2.75, 3.05) is 24.3 Å². The fourth-order valence-electron chi connectivity index (χ4n) is 1.86. The molecule has 5 heteroatoms. The lowest BCUT2D eigenvalue weighted by atomic mass is 10.1. The van der Waals surface area contributed by atoms with Gasteiger partial charge in [0.2, 0.25) is 0 Å². The smallest absolute Gasteiger partial charge is 0.135 e. The van der Waals surface area contributed by atoms with Gasteiger partial charge in [-0.1, -0.05) is 19.9 Å². The zero-order valence-electron chi connectivity index (χ0n) is 12.8. The fourth-order valence-corrected chi connectivity index (χ4v) is 1.86. The lowest BCUT2D eigenvalue weighted by Gasteiger charge is -2.10. The van der Waals surface area contributed by atoms with Crippen LogP contribution in [0.15, 0.2) is 36.7 Å². The third-order valence-corrected chi connectivity index (χ3v) is 3.04. The van der Waals surface area contributed by atoms with Gasteiger partial charge in [-0.15, -0.1) is 0 Å². The normalized spacial score (nSPS) is 10.5. The first-order chi connectivity index (χ1) is 10.2. The van der Waals surface area contributed by atoms with E-state index in [1.807, 2.05) is 30.3 Å². The Balaban J connectivity index is 1.99. The molecule has 2 rings (SSSR count). The van der Waals surface area contributed by atoms with Gasteiger partial charge in [0.15, 0.2) is 0 Å². The average molecular weight is 286 g/mol. The van der Waals surface area contributed by atoms with Crippen LogP contribution in [0.5, 0.6) is 5.75 Å². The van der Waals surface area contributed by atoms with Crippen molar-refractivity contribution in [1.82, 2.24) is 9.97 Å². The van der Waals surface area contributed by atoms with E-state index in [4.69, 9.17) is 4.74 Å². The summed E-state index contributed by atoms with van der Waals surface area (Å²) in [4.78, 5) is 8.46. The molecule has 5 nitrogen and oxygen atoms in total. The molecular formula is C16H22N4O. The predicted molar refractivity (Wildman–Crippen MR) is 86.3 cm³/mol. The molecule has 0 saturated heterocycles. The molecule has 112 valence electrons. The average Bonchev–Trinajstić information content (AvgIpc) is 2.47.